The summed E-state index contributed by atoms with van der Waals surface area (Å²) >= 11 is 7.31. The molecule has 2 heterocycles. The number of anilines is 1. The van der Waals surface area contributed by atoms with Crippen molar-refractivity contribution in [3.8, 4) is 10.6 Å². The lowest BCUT2D eigenvalue weighted by Gasteiger charge is -2.15. The van der Waals surface area contributed by atoms with Crippen LogP contribution in [0.5, 0.6) is 0 Å². The quantitative estimate of drug-likeness (QED) is 0.573. The number of carbonyl (C=O) groups excluding carboxylic acids is 1. The fraction of sp³-hybridized carbons (Fsp3) is 0.167. The van der Waals surface area contributed by atoms with Gasteiger partial charge in [-0.25, -0.2) is 13.4 Å². The zero-order valence-electron chi connectivity index (χ0n) is 15.7. The second-order valence-corrected chi connectivity index (χ2v) is 9.16. The third-order valence-corrected chi connectivity index (χ3v) is 7.24. The van der Waals surface area contributed by atoms with E-state index in [9.17, 15) is 13.2 Å². The van der Waals surface area contributed by atoms with Crippen LogP contribution in [-0.2, 0) is 14.9 Å². The highest BCUT2D eigenvalue weighted by Gasteiger charge is 2.25. The zero-order valence-corrected chi connectivity index (χ0v) is 18.1. The highest BCUT2D eigenvalue weighted by Crippen LogP contribution is 2.32. The Balaban J connectivity index is 1.88. The Bertz CT molecular complexity index is 1150. The van der Waals surface area contributed by atoms with Crippen LogP contribution < -0.4 is 5.32 Å². The van der Waals surface area contributed by atoms with E-state index in [0.717, 1.165) is 16.3 Å². The smallest absolute Gasteiger partial charge is 0.266 e. The van der Waals surface area contributed by atoms with Gasteiger partial charge in [0.1, 0.15) is 4.90 Å². The highest BCUT2D eigenvalue weighted by molar-refractivity contribution is 7.89. The van der Waals surface area contributed by atoms with Gasteiger partial charge in [-0.05, 0) is 37.3 Å². The van der Waals surface area contributed by atoms with E-state index in [2.05, 4.69) is 15.3 Å². The molecule has 0 atom stereocenters. The van der Waals surface area contributed by atoms with Crippen molar-refractivity contribution >= 4 is 44.0 Å². The molecule has 2 aromatic heterocycles. The first-order chi connectivity index (χ1) is 13.7. The first-order valence-electron chi connectivity index (χ1n) is 8.27. The normalized spacial score (nSPS) is 11.6. The number of hydrogen-bond acceptors (Lipinski definition) is 7. The lowest BCUT2D eigenvalue weighted by molar-refractivity contribution is -0.0258. The van der Waals surface area contributed by atoms with Crippen LogP contribution in [0.4, 0.5) is 5.13 Å². The van der Waals surface area contributed by atoms with E-state index in [4.69, 9.17) is 16.4 Å². The van der Waals surface area contributed by atoms with Crippen molar-refractivity contribution in [3.63, 3.8) is 0 Å². The van der Waals surface area contributed by atoms with Crippen LogP contribution in [0.2, 0.25) is 5.02 Å². The van der Waals surface area contributed by atoms with E-state index in [1.54, 1.807) is 6.20 Å². The average molecular weight is 453 g/mol. The molecule has 1 amide bonds. The summed E-state index contributed by atoms with van der Waals surface area (Å²) in [5, 5.41) is 3.04. The Hall–Kier alpha value is -2.37. The maximum atomic E-state index is 12.7. The number of amides is 1. The van der Waals surface area contributed by atoms with Gasteiger partial charge in [0.2, 0.25) is 0 Å². The molecule has 3 aromatic rings. The number of nitrogens with one attached hydrogen (secondary N) is 1. The minimum absolute atomic E-state index is 0.0204. The summed E-state index contributed by atoms with van der Waals surface area (Å²) in [7, 11) is -1.56. The molecule has 0 bridgehead atoms. The maximum absolute atomic E-state index is 12.7. The summed E-state index contributed by atoms with van der Waals surface area (Å²) in [6.45, 7) is 1.82. The number of aryl methyl sites for hydroxylation is 1. The Kier molecular flexibility index (Phi) is 6.30. The summed E-state index contributed by atoms with van der Waals surface area (Å²) in [6, 6.07) is 9.52. The molecular weight excluding hydrogens is 436 g/mol. The molecule has 1 N–H and O–H groups in total. The number of pyridine rings is 1. The molecule has 3 rings (SSSR count). The standard InChI is InChI=1S/C18H17ClN4O4S2/c1-11-16(14-6-4-5-9-20-14)28-18(21-11)22-17(24)12-7-8-13(19)15(10-12)29(25,26)23(2)27-3/h4-10H,1-3H3,(H,21,22,24). The zero-order chi connectivity index (χ0) is 21.2. The molecule has 0 unspecified atom stereocenters. The van der Waals surface area contributed by atoms with Crippen LogP contribution in [0.3, 0.4) is 0 Å². The Morgan fingerprint density at radius 2 is 2.03 bits per heavy atom. The lowest BCUT2D eigenvalue weighted by atomic mass is 10.2. The molecule has 0 fully saturated rings. The van der Waals surface area contributed by atoms with Crippen molar-refractivity contribution in [1.82, 2.24) is 14.4 Å². The third-order valence-electron chi connectivity index (χ3n) is 3.98. The lowest BCUT2D eigenvalue weighted by Crippen LogP contribution is -2.26. The minimum Gasteiger partial charge on any atom is -0.298 e. The van der Waals surface area contributed by atoms with Crippen molar-refractivity contribution in [3.05, 3.63) is 58.9 Å². The van der Waals surface area contributed by atoms with Gasteiger partial charge in [0.25, 0.3) is 15.9 Å². The second kappa shape index (κ2) is 8.56. The summed E-state index contributed by atoms with van der Waals surface area (Å²) < 4.78 is 25.6. The van der Waals surface area contributed by atoms with Gasteiger partial charge in [-0.15, -0.1) is 0 Å². The van der Waals surface area contributed by atoms with Crippen LogP contribution >= 0.6 is 22.9 Å². The van der Waals surface area contributed by atoms with Gasteiger partial charge in [0.05, 0.1) is 28.4 Å². The number of aromatic nitrogens is 2. The third kappa shape index (κ3) is 4.46. The van der Waals surface area contributed by atoms with Crippen molar-refractivity contribution in [2.75, 3.05) is 19.5 Å². The molecule has 0 radical (unpaired) electrons. The second-order valence-electron chi connectivity index (χ2n) is 5.85. The molecule has 8 nitrogen and oxygen atoms in total. The number of hydroxylamine groups is 1. The van der Waals surface area contributed by atoms with Gasteiger partial charge in [-0.1, -0.05) is 33.5 Å². The molecule has 0 saturated heterocycles. The molecule has 29 heavy (non-hydrogen) atoms. The fourth-order valence-corrected chi connectivity index (χ4v) is 4.84. The SMILES string of the molecule is CON(C)S(=O)(=O)c1cc(C(=O)Nc2nc(C)c(-c3ccccn3)s2)ccc1Cl. The number of carbonyl (C=O) groups is 1. The van der Waals surface area contributed by atoms with Crippen molar-refractivity contribution in [1.29, 1.82) is 0 Å². The van der Waals surface area contributed by atoms with E-state index in [1.807, 2.05) is 25.1 Å². The maximum Gasteiger partial charge on any atom is 0.266 e. The number of nitrogens with zero attached hydrogens (tertiary/aromatic N) is 3. The first-order valence-corrected chi connectivity index (χ1v) is 10.9. The molecule has 0 spiro atoms. The number of thiazole rings is 1. The molecule has 152 valence electrons. The van der Waals surface area contributed by atoms with Gasteiger partial charge in [-0.2, -0.15) is 0 Å². The summed E-state index contributed by atoms with van der Waals surface area (Å²) in [6.07, 6.45) is 1.68. The molecular formula is C18H17ClN4O4S2. The number of sulfonamides is 1. The van der Waals surface area contributed by atoms with E-state index in [0.29, 0.717) is 9.60 Å². The number of hydrogen-bond donors (Lipinski definition) is 1. The minimum atomic E-state index is -4.01. The first kappa shape index (κ1) is 21.3. The van der Waals surface area contributed by atoms with Crippen LogP contribution in [0.25, 0.3) is 10.6 Å². The molecule has 11 heteroatoms. The van der Waals surface area contributed by atoms with Gasteiger partial charge in [-0.3, -0.25) is 19.9 Å². The van der Waals surface area contributed by atoms with E-state index in [1.165, 1.54) is 43.7 Å². The Morgan fingerprint density at radius 1 is 1.28 bits per heavy atom. The Labute approximate surface area is 177 Å². The van der Waals surface area contributed by atoms with Crippen molar-refractivity contribution in [2.45, 2.75) is 11.8 Å². The van der Waals surface area contributed by atoms with E-state index < -0.39 is 15.9 Å². The van der Waals surface area contributed by atoms with Gasteiger partial charge in [0, 0.05) is 18.8 Å². The van der Waals surface area contributed by atoms with Crippen LogP contribution in [0, 0.1) is 6.92 Å². The molecule has 0 aliphatic carbocycles. The predicted molar refractivity (Wildman–Crippen MR) is 111 cm³/mol. The summed E-state index contributed by atoms with van der Waals surface area (Å²) in [5.41, 5.74) is 1.60. The molecule has 0 saturated carbocycles. The monoisotopic (exact) mass is 452 g/mol. The van der Waals surface area contributed by atoms with Crippen LogP contribution in [0.15, 0.2) is 47.5 Å². The van der Waals surface area contributed by atoms with E-state index >= 15 is 0 Å². The fourth-order valence-electron chi connectivity index (χ4n) is 2.43. The molecule has 1 aromatic carbocycles. The topological polar surface area (TPSA) is 101 Å². The molecule has 0 aliphatic heterocycles. The van der Waals surface area contributed by atoms with Gasteiger partial charge < -0.3 is 0 Å². The van der Waals surface area contributed by atoms with Gasteiger partial charge >= 0.3 is 0 Å². The predicted octanol–water partition coefficient (Wildman–Crippen LogP) is 3.60. The van der Waals surface area contributed by atoms with Crippen LogP contribution in [0.1, 0.15) is 16.1 Å². The molecule has 0 aliphatic rings. The van der Waals surface area contributed by atoms with Crippen molar-refractivity contribution in [2.24, 2.45) is 0 Å². The Morgan fingerprint density at radius 3 is 2.69 bits per heavy atom. The van der Waals surface area contributed by atoms with E-state index in [-0.39, 0.29) is 15.5 Å². The number of rotatable bonds is 6. The summed E-state index contributed by atoms with van der Waals surface area (Å²) in [4.78, 5) is 26.7. The average Bonchev–Trinajstić information content (AvgIpc) is 3.08. The highest BCUT2D eigenvalue weighted by atomic mass is 35.5. The largest absolute Gasteiger partial charge is 0.298 e. The number of halogens is 1. The van der Waals surface area contributed by atoms with Crippen LogP contribution in [-0.4, -0.2) is 42.9 Å². The summed E-state index contributed by atoms with van der Waals surface area (Å²) in [5.74, 6) is -0.514. The van der Waals surface area contributed by atoms with Crippen molar-refractivity contribution < 1.29 is 18.0 Å². The van der Waals surface area contributed by atoms with Gasteiger partial charge in [0.15, 0.2) is 5.13 Å². The number of benzene rings is 1.